The Morgan fingerprint density at radius 3 is 2.33 bits per heavy atom. The number of carbonyl (C=O) groups excluding carboxylic acids is 1. The second-order valence-corrected chi connectivity index (χ2v) is 4.82. The van der Waals surface area contributed by atoms with Crippen LogP contribution in [0.1, 0.15) is 6.92 Å². The first-order valence-electron chi connectivity index (χ1n) is 6.67. The van der Waals surface area contributed by atoms with Crippen LogP contribution in [0.2, 0.25) is 0 Å². The molecule has 0 aliphatic carbocycles. The van der Waals surface area contributed by atoms with Gasteiger partial charge in [0.15, 0.2) is 0 Å². The lowest BCUT2D eigenvalue weighted by Gasteiger charge is -2.35. The van der Waals surface area contributed by atoms with E-state index in [0.29, 0.717) is 0 Å². The number of amides is 1. The van der Waals surface area contributed by atoms with E-state index in [4.69, 9.17) is 0 Å². The Kier molecular flexibility index (Phi) is 9.24. The minimum atomic E-state index is 0. The van der Waals surface area contributed by atoms with Crippen LogP contribution in [0.5, 0.6) is 0 Å². The normalized spacial score (nSPS) is 15.7. The molecule has 0 aromatic carbocycles. The molecule has 120 valence electrons. The van der Waals surface area contributed by atoms with Gasteiger partial charge in [0.05, 0.1) is 0 Å². The first-order valence-corrected chi connectivity index (χ1v) is 6.67. The van der Waals surface area contributed by atoms with E-state index in [1.165, 1.54) is 0 Å². The van der Waals surface area contributed by atoms with Crippen LogP contribution in [-0.4, -0.2) is 60.5 Å². The van der Waals surface area contributed by atoms with Crippen LogP contribution in [0.3, 0.4) is 0 Å². The zero-order chi connectivity index (χ0) is 13.7. The minimum Gasteiger partial charge on any atom is -0.339 e. The lowest BCUT2D eigenvalue weighted by Crippen LogP contribution is -2.51. The third-order valence-electron chi connectivity index (χ3n) is 3.36. The van der Waals surface area contributed by atoms with Gasteiger partial charge in [-0.05, 0) is 13.1 Å². The second kappa shape index (κ2) is 9.76. The number of hydrogen-bond donors (Lipinski definition) is 1. The number of piperazine rings is 1. The highest BCUT2D eigenvalue weighted by Gasteiger charge is 2.25. The van der Waals surface area contributed by atoms with Gasteiger partial charge >= 0.3 is 0 Å². The standard InChI is InChI=1S/C13H21N5O.2ClH/c1-11(10-14-2)12(19)17-6-8-18(9-7-17)13-15-4-3-5-16-13;;/h3-5,11,14H,6-10H2,1-2H3;2*1H. The van der Waals surface area contributed by atoms with Gasteiger partial charge in [-0.1, -0.05) is 6.92 Å². The molecule has 1 aliphatic rings. The number of rotatable bonds is 4. The van der Waals surface area contributed by atoms with E-state index in [1.54, 1.807) is 12.4 Å². The van der Waals surface area contributed by atoms with Crippen LogP contribution in [0.15, 0.2) is 18.5 Å². The molecule has 1 amide bonds. The van der Waals surface area contributed by atoms with E-state index in [2.05, 4.69) is 20.2 Å². The lowest BCUT2D eigenvalue weighted by molar-refractivity contribution is -0.135. The van der Waals surface area contributed by atoms with Gasteiger partial charge in [0.2, 0.25) is 11.9 Å². The van der Waals surface area contributed by atoms with Crippen LogP contribution in [-0.2, 0) is 4.79 Å². The van der Waals surface area contributed by atoms with Crippen molar-refractivity contribution in [2.24, 2.45) is 5.92 Å². The summed E-state index contributed by atoms with van der Waals surface area (Å²) in [5, 5.41) is 3.04. The van der Waals surface area contributed by atoms with Crippen molar-refractivity contribution in [3.8, 4) is 0 Å². The van der Waals surface area contributed by atoms with Gasteiger partial charge in [-0.2, -0.15) is 0 Å². The van der Waals surface area contributed by atoms with Gasteiger partial charge in [0, 0.05) is 51.0 Å². The fraction of sp³-hybridized carbons (Fsp3) is 0.615. The zero-order valence-electron chi connectivity index (χ0n) is 12.4. The van der Waals surface area contributed by atoms with E-state index >= 15 is 0 Å². The molecule has 2 heterocycles. The number of halogens is 2. The topological polar surface area (TPSA) is 61.4 Å². The largest absolute Gasteiger partial charge is 0.339 e. The van der Waals surface area contributed by atoms with Crippen molar-refractivity contribution in [3.63, 3.8) is 0 Å². The summed E-state index contributed by atoms with van der Waals surface area (Å²) in [5.41, 5.74) is 0. The molecule has 1 aliphatic heterocycles. The number of nitrogens with zero attached hydrogens (tertiary/aromatic N) is 4. The van der Waals surface area contributed by atoms with Crippen LogP contribution in [0.4, 0.5) is 5.95 Å². The number of anilines is 1. The summed E-state index contributed by atoms with van der Waals surface area (Å²) in [6.45, 7) is 5.76. The zero-order valence-corrected chi connectivity index (χ0v) is 14.0. The lowest BCUT2D eigenvalue weighted by atomic mass is 10.1. The molecule has 0 bridgehead atoms. The molecule has 1 aromatic heterocycles. The molecule has 1 N–H and O–H groups in total. The number of carbonyl (C=O) groups is 1. The summed E-state index contributed by atoms with van der Waals surface area (Å²) in [6, 6.07) is 1.81. The average molecular weight is 336 g/mol. The van der Waals surface area contributed by atoms with E-state index in [0.717, 1.165) is 38.7 Å². The van der Waals surface area contributed by atoms with Gasteiger partial charge in [0.1, 0.15) is 0 Å². The Morgan fingerprint density at radius 1 is 1.24 bits per heavy atom. The van der Waals surface area contributed by atoms with Crippen molar-refractivity contribution < 1.29 is 4.79 Å². The molecule has 1 fully saturated rings. The smallest absolute Gasteiger partial charge is 0.226 e. The monoisotopic (exact) mass is 335 g/mol. The highest BCUT2D eigenvalue weighted by molar-refractivity contribution is 5.85. The summed E-state index contributed by atoms with van der Waals surface area (Å²) < 4.78 is 0. The Morgan fingerprint density at radius 2 is 1.81 bits per heavy atom. The maximum atomic E-state index is 12.2. The fourth-order valence-corrected chi connectivity index (χ4v) is 2.29. The van der Waals surface area contributed by atoms with Crippen LogP contribution in [0.25, 0.3) is 0 Å². The molecule has 0 radical (unpaired) electrons. The van der Waals surface area contributed by atoms with E-state index in [-0.39, 0.29) is 36.6 Å². The molecule has 1 atom stereocenters. The Labute approximate surface area is 138 Å². The predicted octanol–water partition coefficient (Wildman–Crippen LogP) is 0.824. The van der Waals surface area contributed by atoms with Crippen LogP contribution >= 0.6 is 24.8 Å². The molecule has 8 heteroatoms. The van der Waals surface area contributed by atoms with Crippen molar-refractivity contribution in [2.75, 3.05) is 44.7 Å². The highest BCUT2D eigenvalue weighted by atomic mass is 35.5. The summed E-state index contributed by atoms with van der Waals surface area (Å²) in [4.78, 5) is 24.7. The molecule has 1 unspecified atom stereocenters. The number of nitrogens with one attached hydrogen (secondary N) is 1. The average Bonchev–Trinajstić information content (AvgIpc) is 2.48. The van der Waals surface area contributed by atoms with E-state index in [1.807, 2.05) is 24.9 Å². The molecule has 1 aromatic rings. The molecule has 1 saturated heterocycles. The molecule has 21 heavy (non-hydrogen) atoms. The summed E-state index contributed by atoms with van der Waals surface area (Å²) in [6.07, 6.45) is 3.49. The van der Waals surface area contributed by atoms with E-state index < -0.39 is 0 Å². The maximum absolute atomic E-state index is 12.2. The van der Waals surface area contributed by atoms with Crippen molar-refractivity contribution in [2.45, 2.75) is 6.92 Å². The number of hydrogen-bond acceptors (Lipinski definition) is 5. The minimum absolute atomic E-state index is 0. The van der Waals surface area contributed by atoms with Crippen molar-refractivity contribution >= 4 is 36.7 Å². The van der Waals surface area contributed by atoms with Gasteiger partial charge in [0.25, 0.3) is 0 Å². The molecular formula is C13H23Cl2N5O. The van der Waals surface area contributed by atoms with Crippen LogP contribution < -0.4 is 10.2 Å². The first kappa shape index (κ1) is 19.9. The Hall–Kier alpha value is -1.11. The second-order valence-electron chi connectivity index (χ2n) is 4.82. The predicted molar refractivity (Wildman–Crippen MR) is 88.4 cm³/mol. The van der Waals surface area contributed by atoms with E-state index in [9.17, 15) is 4.79 Å². The van der Waals surface area contributed by atoms with Gasteiger partial charge in [-0.15, -0.1) is 24.8 Å². The van der Waals surface area contributed by atoms with Gasteiger partial charge in [-0.25, -0.2) is 9.97 Å². The van der Waals surface area contributed by atoms with Crippen LogP contribution in [0, 0.1) is 5.92 Å². The third-order valence-corrected chi connectivity index (χ3v) is 3.36. The quantitative estimate of drug-likeness (QED) is 0.882. The SMILES string of the molecule is CNCC(C)C(=O)N1CCN(c2ncccn2)CC1.Cl.Cl. The first-order chi connectivity index (χ1) is 9.22. The van der Waals surface area contributed by atoms with Gasteiger partial charge < -0.3 is 15.1 Å². The number of aromatic nitrogens is 2. The van der Waals surface area contributed by atoms with Gasteiger partial charge in [-0.3, -0.25) is 4.79 Å². The van der Waals surface area contributed by atoms with Crippen molar-refractivity contribution in [1.29, 1.82) is 0 Å². The molecular weight excluding hydrogens is 313 g/mol. The van der Waals surface area contributed by atoms with Crippen molar-refractivity contribution in [3.05, 3.63) is 18.5 Å². The summed E-state index contributed by atoms with van der Waals surface area (Å²) in [7, 11) is 1.87. The molecule has 0 saturated carbocycles. The fourth-order valence-electron chi connectivity index (χ4n) is 2.29. The molecule has 6 nitrogen and oxygen atoms in total. The Bertz CT molecular complexity index is 412. The highest BCUT2D eigenvalue weighted by Crippen LogP contribution is 2.11. The van der Waals surface area contributed by atoms with Crippen molar-refractivity contribution in [1.82, 2.24) is 20.2 Å². The molecule has 0 spiro atoms. The summed E-state index contributed by atoms with van der Waals surface area (Å²) >= 11 is 0. The summed E-state index contributed by atoms with van der Waals surface area (Å²) in [5.74, 6) is 1.00. The maximum Gasteiger partial charge on any atom is 0.226 e. The Balaban J connectivity index is 0.00000200. The molecule has 2 rings (SSSR count). The third kappa shape index (κ3) is 5.30.